The van der Waals surface area contributed by atoms with Crippen LogP contribution in [-0.4, -0.2) is 6.04 Å². The highest BCUT2D eigenvalue weighted by atomic mass is 15.2. The first kappa shape index (κ1) is 17.6. The van der Waals surface area contributed by atoms with Crippen LogP contribution in [0, 0.1) is 0 Å². The number of rotatable bonds is 10. The summed E-state index contributed by atoms with van der Waals surface area (Å²) in [5, 5.41) is 0. The van der Waals surface area contributed by atoms with Crippen molar-refractivity contribution in [3.05, 3.63) is 60.7 Å². The highest BCUT2D eigenvalue weighted by molar-refractivity contribution is 5.63. The monoisotopic (exact) mass is 309 g/mol. The Bertz CT molecular complexity index is 481. The van der Waals surface area contributed by atoms with E-state index in [0.717, 1.165) is 0 Å². The molecule has 0 N–H and O–H groups in total. The highest BCUT2D eigenvalue weighted by Crippen LogP contribution is 2.29. The van der Waals surface area contributed by atoms with Gasteiger partial charge in [-0.15, -0.1) is 0 Å². The highest BCUT2D eigenvalue weighted by Gasteiger charge is 2.15. The maximum absolute atomic E-state index is 2.48. The summed E-state index contributed by atoms with van der Waals surface area (Å²) in [5.41, 5.74) is 2.58. The van der Waals surface area contributed by atoms with Gasteiger partial charge in [-0.1, -0.05) is 81.8 Å². The number of para-hydroxylation sites is 2. The zero-order valence-electron chi connectivity index (χ0n) is 14.7. The Hall–Kier alpha value is -1.76. The molecular formula is C22H31N. The smallest absolute Gasteiger partial charge is 0.0413 e. The summed E-state index contributed by atoms with van der Waals surface area (Å²) in [6.07, 6.45) is 9.42. The van der Waals surface area contributed by atoms with E-state index in [2.05, 4.69) is 79.4 Å². The third-order valence-electron chi connectivity index (χ3n) is 4.48. The fourth-order valence-electron chi connectivity index (χ4n) is 3.18. The summed E-state index contributed by atoms with van der Waals surface area (Å²) >= 11 is 0. The van der Waals surface area contributed by atoms with Crippen LogP contribution in [0.3, 0.4) is 0 Å². The number of anilines is 2. The van der Waals surface area contributed by atoms with Crippen molar-refractivity contribution in [1.82, 2.24) is 0 Å². The molecule has 1 atom stereocenters. The zero-order chi connectivity index (χ0) is 16.3. The third-order valence-corrected chi connectivity index (χ3v) is 4.48. The Labute approximate surface area is 142 Å². The third kappa shape index (κ3) is 5.74. The molecular weight excluding hydrogens is 278 g/mol. The van der Waals surface area contributed by atoms with Crippen LogP contribution in [0.5, 0.6) is 0 Å². The molecule has 2 rings (SSSR count). The zero-order valence-corrected chi connectivity index (χ0v) is 14.7. The van der Waals surface area contributed by atoms with E-state index in [1.54, 1.807) is 0 Å². The molecule has 0 aliphatic heterocycles. The van der Waals surface area contributed by atoms with E-state index in [0.29, 0.717) is 6.04 Å². The van der Waals surface area contributed by atoms with Gasteiger partial charge in [-0.05, 0) is 37.6 Å². The molecule has 23 heavy (non-hydrogen) atoms. The first-order valence-corrected chi connectivity index (χ1v) is 9.22. The van der Waals surface area contributed by atoms with Crippen molar-refractivity contribution in [2.45, 2.75) is 64.8 Å². The molecule has 1 heteroatoms. The van der Waals surface area contributed by atoms with Gasteiger partial charge in [0, 0.05) is 17.4 Å². The number of hydrogen-bond acceptors (Lipinski definition) is 1. The van der Waals surface area contributed by atoms with Crippen molar-refractivity contribution in [3.8, 4) is 0 Å². The van der Waals surface area contributed by atoms with Crippen molar-refractivity contribution in [3.63, 3.8) is 0 Å². The van der Waals surface area contributed by atoms with Crippen LogP contribution in [0.1, 0.15) is 58.8 Å². The number of unbranched alkanes of at least 4 members (excludes halogenated alkanes) is 5. The molecule has 124 valence electrons. The molecule has 0 aromatic heterocycles. The molecule has 0 fully saturated rings. The first-order valence-electron chi connectivity index (χ1n) is 9.22. The molecule has 0 amide bonds. The summed E-state index contributed by atoms with van der Waals surface area (Å²) < 4.78 is 0. The quantitative estimate of drug-likeness (QED) is 0.429. The van der Waals surface area contributed by atoms with Gasteiger partial charge in [0.1, 0.15) is 0 Å². The molecule has 2 aromatic carbocycles. The van der Waals surface area contributed by atoms with Gasteiger partial charge < -0.3 is 4.90 Å². The number of nitrogens with zero attached hydrogens (tertiary/aromatic N) is 1. The van der Waals surface area contributed by atoms with Gasteiger partial charge in [-0.2, -0.15) is 0 Å². The van der Waals surface area contributed by atoms with E-state index in [-0.39, 0.29) is 0 Å². The second kappa shape index (κ2) is 10.1. The van der Waals surface area contributed by atoms with Crippen molar-refractivity contribution < 1.29 is 0 Å². The van der Waals surface area contributed by atoms with Crippen LogP contribution >= 0.6 is 0 Å². The summed E-state index contributed by atoms with van der Waals surface area (Å²) in [6.45, 7) is 4.63. The molecule has 0 bridgehead atoms. The summed E-state index contributed by atoms with van der Waals surface area (Å²) in [5.74, 6) is 0. The minimum atomic E-state index is 0.519. The maximum Gasteiger partial charge on any atom is 0.0413 e. The van der Waals surface area contributed by atoms with E-state index >= 15 is 0 Å². The van der Waals surface area contributed by atoms with Gasteiger partial charge in [0.05, 0.1) is 0 Å². The Morgan fingerprint density at radius 1 is 0.696 bits per heavy atom. The van der Waals surface area contributed by atoms with Crippen molar-refractivity contribution in [2.24, 2.45) is 0 Å². The average molecular weight is 309 g/mol. The van der Waals surface area contributed by atoms with E-state index in [9.17, 15) is 0 Å². The van der Waals surface area contributed by atoms with E-state index < -0.39 is 0 Å². The molecule has 1 nitrogen and oxygen atoms in total. The standard InChI is InChI=1S/C22H31N/c1-3-4-5-6-7-10-15-20(2)23(21-16-11-8-12-17-21)22-18-13-9-14-19-22/h8-9,11-14,16-20H,3-7,10,15H2,1-2H3. The second-order valence-corrected chi connectivity index (χ2v) is 6.45. The molecule has 0 saturated heterocycles. The van der Waals surface area contributed by atoms with Gasteiger partial charge in [-0.25, -0.2) is 0 Å². The maximum atomic E-state index is 2.48. The van der Waals surface area contributed by atoms with Crippen LogP contribution in [0.4, 0.5) is 11.4 Å². The molecule has 0 aliphatic rings. The Morgan fingerprint density at radius 2 is 1.17 bits per heavy atom. The lowest BCUT2D eigenvalue weighted by molar-refractivity contribution is 0.548. The fraction of sp³-hybridized carbons (Fsp3) is 0.455. The van der Waals surface area contributed by atoms with Gasteiger partial charge >= 0.3 is 0 Å². The lowest BCUT2D eigenvalue weighted by Gasteiger charge is -2.31. The predicted octanol–water partition coefficient (Wildman–Crippen LogP) is 6.96. The molecule has 0 aliphatic carbocycles. The van der Waals surface area contributed by atoms with Crippen molar-refractivity contribution >= 4 is 11.4 Å². The lowest BCUT2D eigenvalue weighted by atomic mass is 10.0. The Kier molecular flexibility index (Phi) is 7.72. The summed E-state index contributed by atoms with van der Waals surface area (Å²) in [6, 6.07) is 22.1. The van der Waals surface area contributed by atoms with Crippen LogP contribution in [-0.2, 0) is 0 Å². The van der Waals surface area contributed by atoms with E-state index in [4.69, 9.17) is 0 Å². The van der Waals surface area contributed by atoms with E-state index in [1.165, 1.54) is 56.3 Å². The molecule has 1 unspecified atom stereocenters. The average Bonchev–Trinajstić information content (AvgIpc) is 2.60. The largest absolute Gasteiger partial charge is 0.339 e. The van der Waals surface area contributed by atoms with Gasteiger partial charge in [-0.3, -0.25) is 0 Å². The van der Waals surface area contributed by atoms with Gasteiger partial charge in [0.2, 0.25) is 0 Å². The topological polar surface area (TPSA) is 3.24 Å². The van der Waals surface area contributed by atoms with Gasteiger partial charge in [0.25, 0.3) is 0 Å². The van der Waals surface area contributed by atoms with Crippen LogP contribution < -0.4 is 4.90 Å². The number of hydrogen-bond donors (Lipinski definition) is 0. The number of benzene rings is 2. The molecule has 0 radical (unpaired) electrons. The second-order valence-electron chi connectivity index (χ2n) is 6.45. The first-order chi connectivity index (χ1) is 11.3. The van der Waals surface area contributed by atoms with Crippen LogP contribution in [0.2, 0.25) is 0 Å². The van der Waals surface area contributed by atoms with E-state index in [1.807, 2.05) is 0 Å². The molecule has 0 heterocycles. The SMILES string of the molecule is CCCCCCCCC(C)N(c1ccccc1)c1ccccc1. The Balaban J connectivity index is 1.97. The van der Waals surface area contributed by atoms with Crippen LogP contribution in [0.15, 0.2) is 60.7 Å². The molecule has 0 saturated carbocycles. The minimum Gasteiger partial charge on any atom is -0.339 e. The molecule has 0 spiro atoms. The fourth-order valence-corrected chi connectivity index (χ4v) is 3.18. The van der Waals surface area contributed by atoms with Crippen LogP contribution in [0.25, 0.3) is 0 Å². The van der Waals surface area contributed by atoms with Crippen molar-refractivity contribution in [2.75, 3.05) is 4.90 Å². The summed E-state index contributed by atoms with van der Waals surface area (Å²) in [4.78, 5) is 2.48. The molecule has 2 aromatic rings. The summed E-state index contributed by atoms with van der Waals surface area (Å²) in [7, 11) is 0. The van der Waals surface area contributed by atoms with Crippen molar-refractivity contribution in [1.29, 1.82) is 0 Å². The minimum absolute atomic E-state index is 0.519. The lowest BCUT2D eigenvalue weighted by Crippen LogP contribution is -2.28. The Morgan fingerprint density at radius 3 is 1.70 bits per heavy atom. The predicted molar refractivity (Wildman–Crippen MR) is 102 cm³/mol. The normalized spacial score (nSPS) is 12.1. The van der Waals surface area contributed by atoms with Gasteiger partial charge in [0.15, 0.2) is 0 Å².